The average molecular weight is 411 g/mol. The number of thioether (sulfide) groups is 1. The normalized spacial score (nSPS) is 20.7. The van der Waals surface area contributed by atoms with Crippen LogP contribution in [-0.4, -0.2) is 66.5 Å². The minimum absolute atomic E-state index is 0.106. The summed E-state index contributed by atoms with van der Waals surface area (Å²) in [6.45, 7) is 1.65. The molecule has 142 valence electrons. The van der Waals surface area contributed by atoms with Crippen LogP contribution >= 0.6 is 23.4 Å². The van der Waals surface area contributed by atoms with Gasteiger partial charge >= 0.3 is 0 Å². The maximum atomic E-state index is 12.6. The van der Waals surface area contributed by atoms with Crippen molar-refractivity contribution in [2.45, 2.75) is 0 Å². The first-order chi connectivity index (χ1) is 13.0. The lowest BCUT2D eigenvalue weighted by Crippen LogP contribution is -2.46. The number of nitrogens with zero attached hydrogens (tertiary/aromatic N) is 2. The molecule has 8 nitrogen and oxygen atoms in total. The van der Waals surface area contributed by atoms with Crippen LogP contribution in [0.1, 0.15) is 5.56 Å². The Hall–Kier alpha value is -2.23. The molecule has 4 rings (SSSR count). The molecule has 0 saturated carbocycles. The summed E-state index contributed by atoms with van der Waals surface area (Å²) in [5.41, 5.74) is 0.533. The molecule has 2 fully saturated rings. The zero-order chi connectivity index (χ0) is 19.0. The minimum Gasteiger partial charge on any atom is -0.454 e. The number of ether oxygens (including phenoxy) is 3. The molecule has 27 heavy (non-hydrogen) atoms. The zero-order valence-electron chi connectivity index (χ0n) is 14.1. The van der Waals surface area contributed by atoms with Gasteiger partial charge in [0.1, 0.15) is 6.54 Å². The largest absolute Gasteiger partial charge is 0.454 e. The molecular formula is C17H15ClN2O6S. The first kappa shape index (κ1) is 18.1. The quantitative estimate of drug-likeness (QED) is 0.704. The average Bonchev–Trinajstić information content (AvgIpc) is 3.22. The standard InChI is InChI=1S/C17H15ClN2O6S/c18-11-7-13-12(25-9-26-13)5-10(11)6-14-16(22)20(17(23)27-14)8-15(21)19-1-3-24-4-2-19/h5-7H,1-4,8-9H2/b14-6+. The van der Waals surface area contributed by atoms with Crippen molar-refractivity contribution in [2.75, 3.05) is 39.6 Å². The van der Waals surface area contributed by atoms with Crippen LogP contribution in [-0.2, 0) is 14.3 Å². The number of hydrogen-bond acceptors (Lipinski definition) is 7. The monoisotopic (exact) mass is 410 g/mol. The zero-order valence-corrected chi connectivity index (χ0v) is 15.7. The maximum Gasteiger partial charge on any atom is 0.294 e. The van der Waals surface area contributed by atoms with Gasteiger partial charge in [-0.1, -0.05) is 11.6 Å². The third kappa shape index (κ3) is 3.62. The summed E-state index contributed by atoms with van der Waals surface area (Å²) in [7, 11) is 0. The van der Waals surface area contributed by atoms with Crippen molar-refractivity contribution in [3.63, 3.8) is 0 Å². The molecule has 3 aliphatic heterocycles. The Kier molecular flexibility index (Phi) is 4.98. The first-order valence-corrected chi connectivity index (χ1v) is 9.42. The Balaban J connectivity index is 1.51. The van der Waals surface area contributed by atoms with Gasteiger partial charge < -0.3 is 19.1 Å². The van der Waals surface area contributed by atoms with Crippen LogP contribution in [0.2, 0.25) is 5.02 Å². The molecule has 2 saturated heterocycles. The summed E-state index contributed by atoms with van der Waals surface area (Å²) in [5.74, 6) is 0.261. The van der Waals surface area contributed by atoms with E-state index in [1.165, 1.54) is 6.08 Å². The maximum absolute atomic E-state index is 12.6. The second kappa shape index (κ2) is 7.41. The Bertz CT molecular complexity index is 852. The predicted octanol–water partition coefficient (Wildman–Crippen LogP) is 1.96. The summed E-state index contributed by atoms with van der Waals surface area (Å²) in [6.07, 6.45) is 1.52. The van der Waals surface area contributed by atoms with Crippen LogP contribution in [0.3, 0.4) is 0 Å². The van der Waals surface area contributed by atoms with E-state index in [1.807, 2.05) is 0 Å². The van der Waals surface area contributed by atoms with Crippen molar-refractivity contribution < 1.29 is 28.6 Å². The highest BCUT2D eigenvalue weighted by atomic mass is 35.5. The highest BCUT2D eigenvalue weighted by molar-refractivity contribution is 8.18. The molecule has 10 heteroatoms. The summed E-state index contributed by atoms with van der Waals surface area (Å²) in [4.78, 5) is 39.9. The minimum atomic E-state index is -0.514. The SMILES string of the molecule is O=C(CN1C(=O)S/C(=C/c2cc3c(cc2Cl)OCO3)C1=O)N1CCOCC1. The van der Waals surface area contributed by atoms with Gasteiger partial charge in [0.15, 0.2) is 11.5 Å². The lowest BCUT2D eigenvalue weighted by molar-refractivity contribution is -0.139. The molecular weight excluding hydrogens is 396 g/mol. The number of amides is 3. The highest BCUT2D eigenvalue weighted by Crippen LogP contribution is 2.39. The van der Waals surface area contributed by atoms with E-state index in [0.717, 1.165) is 16.7 Å². The van der Waals surface area contributed by atoms with Crippen molar-refractivity contribution in [1.82, 2.24) is 9.80 Å². The van der Waals surface area contributed by atoms with Gasteiger partial charge in [-0.2, -0.15) is 0 Å². The number of halogens is 1. The molecule has 3 aliphatic rings. The van der Waals surface area contributed by atoms with Crippen LogP contribution in [0, 0.1) is 0 Å². The molecule has 1 aromatic rings. The lowest BCUT2D eigenvalue weighted by Gasteiger charge is -2.28. The van der Waals surface area contributed by atoms with E-state index in [9.17, 15) is 14.4 Å². The van der Waals surface area contributed by atoms with E-state index in [4.69, 9.17) is 25.8 Å². The summed E-state index contributed by atoms with van der Waals surface area (Å²) in [6, 6.07) is 3.25. The third-order valence-electron chi connectivity index (χ3n) is 4.31. The molecule has 0 aliphatic carbocycles. The van der Waals surface area contributed by atoms with Gasteiger partial charge in [-0.05, 0) is 29.5 Å². The molecule has 0 N–H and O–H groups in total. The van der Waals surface area contributed by atoms with E-state index >= 15 is 0 Å². The van der Waals surface area contributed by atoms with E-state index in [0.29, 0.717) is 48.4 Å². The van der Waals surface area contributed by atoms with Crippen molar-refractivity contribution >= 4 is 46.5 Å². The van der Waals surface area contributed by atoms with Crippen molar-refractivity contribution in [2.24, 2.45) is 0 Å². The number of carbonyl (C=O) groups excluding carboxylic acids is 3. The van der Waals surface area contributed by atoms with Gasteiger partial charge in [-0.3, -0.25) is 19.3 Å². The molecule has 3 amide bonds. The molecule has 0 aromatic heterocycles. The van der Waals surface area contributed by atoms with Gasteiger partial charge in [0, 0.05) is 19.2 Å². The van der Waals surface area contributed by atoms with Gasteiger partial charge in [-0.25, -0.2) is 0 Å². The molecule has 0 unspecified atom stereocenters. The summed E-state index contributed by atoms with van der Waals surface area (Å²) in [5, 5.41) is -0.111. The predicted molar refractivity (Wildman–Crippen MR) is 97.7 cm³/mol. The smallest absolute Gasteiger partial charge is 0.294 e. The highest BCUT2D eigenvalue weighted by Gasteiger charge is 2.37. The molecule has 0 atom stereocenters. The number of hydrogen-bond donors (Lipinski definition) is 0. The number of imide groups is 1. The van der Waals surface area contributed by atoms with Crippen LogP contribution in [0.15, 0.2) is 17.0 Å². The summed E-state index contributed by atoms with van der Waals surface area (Å²) < 4.78 is 15.8. The van der Waals surface area contributed by atoms with E-state index < -0.39 is 11.1 Å². The van der Waals surface area contributed by atoms with Crippen molar-refractivity contribution in [3.8, 4) is 11.5 Å². The second-order valence-corrected chi connectivity index (χ2v) is 7.39. The number of fused-ring (bicyclic) bond motifs is 1. The Labute approximate surface area is 164 Å². The van der Waals surface area contributed by atoms with Gasteiger partial charge in [0.05, 0.1) is 23.1 Å². The lowest BCUT2D eigenvalue weighted by atomic mass is 10.2. The number of benzene rings is 1. The second-order valence-electron chi connectivity index (χ2n) is 5.99. The van der Waals surface area contributed by atoms with Crippen LogP contribution in [0.4, 0.5) is 4.79 Å². The third-order valence-corrected chi connectivity index (χ3v) is 5.54. The van der Waals surface area contributed by atoms with Crippen molar-refractivity contribution in [1.29, 1.82) is 0 Å². The molecule has 0 spiro atoms. The Morgan fingerprint density at radius 1 is 1.19 bits per heavy atom. The van der Waals surface area contributed by atoms with Crippen LogP contribution in [0.25, 0.3) is 6.08 Å². The van der Waals surface area contributed by atoms with E-state index in [1.54, 1.807) is 17.0 Å². The van der Waals surface area contributed by atoms with Gasteiger partial charge in [0.25, 0.3) is 11.1 Å². The molecule has 3 heterocycles. The number of morpholine rings is 1. The fraction of sp³-hybridized carbons (Fsp3) is 0.353. The van der Waals surface area contributed by atoms with Gasteiger partial charge in [0.2, 0.25) is 12.7 Å². The topological polar surface area (TPSA) is 85.4 Å². The summed E-state index contributed by atoms with van der Waals surface area (Å²) >= 11 is 7.00. The van der Waals surface area contributed by atoms with Crippen molar-refractivity contribution in [3.05, 3.63) is 27.6 Å². The van der Waals surface area contributed by atoms with Crippen LogP contribution < -0.4 is 9.47 Å². The van der Waals surface area contributed by atoms with Gasteiger partial charge in [-0.15, -0.1) is 0 Å². The number of rotatable bonds is 3. The van der Waals surface area contributed by atoms with Crippen LogP contribution in [0.5, 0.6) is 11.5 Å². The molecule has 0 bridgehead atoms. The Morgan fingerprint density at radius 3 is 2.63 bits per heavy atom. The Morgan fingerprint density at radius 2 is 1.89 bits per heavy atom. The fourth-order valence-electron chi connectivity index (χ4n) is 2.87. The van der Waals surface area contributed by atoms with E-state index in [-0.39, 0.29) is 24.2 Å². The number of carbonyl (C=O) groups is 3. The van der Waals surface area contributed by atoms with E-state index in [2.05, 4.69) is 0 Å². The fourth-order valence-corrected chi connectivity index (χ4v) is 3.91. The molecule has 0 radical (unpaired) electrons. The first-order valence-electron chi connectivity index (χ1n) is 8.23. The molecule has 1 aromatic carbocycles.